The van der Waals surface area contributed by atoms with E-state index in [2.05, 4.69) is 15.6 Å². The van der Waals surface area contributed by atoms with Gasteiger partial charge in [0.2, 0.25) is 0 Å². The summed E-state index contributed by atoms with van der Waals surface area (Å²) in [7, 11) is 0. The Balaban J connectivity index is 1.73. The number of carboxylic acid groups (broad SMARTS) is 1. The summed E-state index contributed by atoms with van der Waals surface area (Å²) in [5.41, 5.74) is 2.32. The van der Waals surface area contributed by atoms with Crippen LogP contribution in [0.2, 0.25) is 0 Å². The lowest BCUT2D eigenvalue weighted by Crippen LogP contribution is -2.46. The molecule has 0 aliphatic carbocycles. The number of hydrogen-bond donors (Lipinski definition) is 3. The summed E-state index contributed by atoms with van der Waals surface area (Å²) in [6.07, 6.45) is 4.77. The van der Waals surface area contributed by atoms with Gasteiger partial charge in [0.05, 0.1) is 10.9 Å². The fraction of sp³-hybridized carbons (Fsp3) is 0.167. The third kappa shape index (κ3) is 5.95. The van der Waals surface area contributed by atoms with E-state index in [0.29, 0.717) is 16.7 Å². The SMILES string of the molecule is CSC(CC(NC(=O)c1ccccc1-c1ccccc1)C(=O)O)NC(=O)c1cccnc1. The molecule has 0 aliphatic heterocycles. The van der Waals surface area contributed by atoms with Gasteiger partial charge in [-0.2, -0.15) is 0 Å². The second-order valence-corrected chi connectivity index (χ2v) is 7.99. The van der Waals surface area contributed by atoms with Crippen molar-refractivity contribution >= 4 is 29.5 Å². The van der Waals surface area contributed by atoms with Gasteiger partial charge in [0, 0.05) is 24.4 Å². The molecule has 32 heavy (non-hydrogen) atoms. The number of carbonyl (C=O) groups is 3. The van der Waals surface area contributed by atoms with E-state index in [4.69, 9.17) is 0 Å². The van der Waals surface area contributed by atoms with Gasteiger partial charge >= 0.3 is 5.97 Å². The Kier molecular flexibility index (Phi) is 7.99. The van der Waals surface area contributed by atoms with Crippen LogP contribution in [0.3, 0.4) is 0 Å². The first kappa shape index (κ1) is 23.0. The van der Waals surface area contributed by atoms with Gasteiger partial charge in [-0.3, -0.25) is 14.6 Å². The van der Waals surface area contributed by atoms with Crippen molar-refractivity contribution in [3.05, 3.63) is 90.3 Å². The van der Waals surface area contributed by atoms with Gasteiger partial charge in [0.15, 0.2) is 0 Å². The van der Waals surface area contributed by atoms with Gasteiger partial charge in [0.25, 0.3) is 11.8 Å². The highest BCUT2D eigenvalue weighted by molar-refractivity contribution is 7.99. The first-order valence-electron chi connectivity index (χ1n) is 9.91. The van der Waals surface area contributed by atoms with Gasteiger partial charge in [-0.25, -0.2) is 4.79 Å². The molecule has 2 amide bonds. The zero-order valence-corrected chi connectivity index (χ0v) is 18.2. The molecular weight excluding hydrogens is 426 g/mol. The third-order valence-electron chi connectivity index (χ3n) is 4.81. The molecule has 0 bridgehead atoms. The molecule has 8 heteroatoms. The van der Waals surface area contributed by atoms with Crippen molar-refractivity contribution in [1.29, 1.82) is 0 Å². The van der Waals surface area contributed by atoms with E-state index in [1.165, 1.54) is 18.0 Å². The largest absolute Gasteiger partial charge is 0.480 e. The molecule has 0 fully saturated rings. The number of aliphatic carboxylic acids is 1. The Morgan fingerprint density at radius 2 is 1.66 bits per heavy atom. The summed E-state index contributed by atoms with van der Waals surface area (Å²) in [5, 5.41) is 14.6. The minimum Gasteiger partial charge on any atom is -0.480 e. The van der Waals surface area contributed by atoms with Gasteiger partial charge < -0.3 is 15.7 Å². The lowest BCUT2D eigenvalue weighted by molar-refractivity contribution is -0.139. The van der Waals surface area contributed by atoms with E-state index in [1.54, 1.807) is 36.7 Å². The highest BCUT2D eigenvalue weighted by Crippen LogP contribution is 2.23. The standard InChI is InChI=1S/C24H23N3O4S/c1-32-21(27-22(28)17-10-7-13-25-15-17)14-20(24(30)31)26-23(29)19-12-6-5-11-18(19)16-8-3-2-4-9-16/h2-13,15,20-21H,14H2,1H3,(H,26,29)(H,27,28)(H,30,31). The highest BCUT2D eigenvalue weighted by atomic mass is 32.2. The van der Waals surface area contributed by atoms with Crippen molar-refractivity contribution in [2.24, 2.45) is 0 Å². The second kappa shape index (κ2) is 11.1. The van der Waals surface area contributed by atoms with Crippen LogP contribution in [0.25, 0.3) is 11.1 Å². The average Bonchev–Trinajstić information content (AvgIpc) is 2.83. The molecule has 3 N–H and O–H groups in total. The van der Waals surface area contributed by atoms with Crippen molar-refractivity contribution in [3.63, 3.8) is 0 Å². The normalized spacial score (nSPS) is 12.4. The summed E-state index contributed by atoms with van der Waals surface area (Å²) in [6, 6.07) is 18.5. The van der Waals surface area contributed by atoms with E-state index in [-0.39, 0.29) is 12.3 Å². The Labute approximate surface area is 190 Å². The summed E-state index contributed by atoms with van der Waals surface area (Å²) < 4.78 is 0. The quantitative estimate of drug-likeness (QED) is 0.432. The lowest BCUT2D eigenvalue weighted by atomic mass is 9.99. The Morgan fingerprint density at radius 3 is 2.31 bits per heavy atom. The van der Waals surface area contributed by atoms with Gasteiger partial charge in [-0.05, 0) is 35.6 Å². The summed E-state index contributed by atoms with van der Waals surface area (Å²) in [5.74, 6) is -2.03. The molecule has 2 aromatic carbocycles. The molecular formula is C24H23N3O4S. The van der Waals surface area contributed by atoms with Crippen LogP contribution in [0.4, 0.5) is 0 Å². The number of thioether (sulfide) groups is 1. The van der Waals surface area contributed by atoms with Crippen molar-refractivity contribution in [2.75, 3.05) is 6.26 Å². The van der Waals surface area contributed by atoms with Crippen molar-refractivity contribution in [1.82, 2.24) is 15.6 Å². The molecule has 1 heterocycles. The molecule has 2 unspecified atom stereocenters. The number of aromatic nitrogens is 1. The summed E-state index contributed by atoms with van der Waals surface area (Å²) in [4.78, 5) is 41.2. The van der Waals surface area contributed by atoms with Crippen molar-refractivity contribution in [2.45, 2.75) is 17.8 Å². The van der Waals surface area contributed by atoms with E-state index < -0.39 is 23.3 Å². The van der Waals surface area contributed by atoms with Crippen LogP contribution in [0.15, 0.2) is 79.1 Å². The maximum Gasteiger partial charge on any atom is 0.326 e. The van der Waals surface area contributed by atoms with Gasteiger partial charge in [-0.15, -0.1) is 11.8 Å². The van der Waals surface area contributed by atoms with Gasteiger partial charge in [0.1, 0.15) is 6.04 Å². The fourth-order valence-electron chi connectivity index (χ4n) is 3.16. The molecule has 1 aromatic heterocycles. The number of amides is 2. The predicted octanol–water partition coefficient (Wildman–Crippen LogP) is 3.44. The first-order valence-corrected chi connectivity index (χ1v) is 11.2. The minimum atomic E-state index is -1.18. The molecule has 164 valence electrons. The third-order valence-corrected chi connectivity index (χ3v) is 5.69. The van der Waals surface area contributed by atoms with Crippen LogP contribution in [0.5, 0.6) is 0 Å². The number of hydrogen-bond acceptors (Lipinski definition) is 5. The number of benzene rings is 2. The van der Waals surface area contributed by atoms with Crippen molar-refractivity contribution < 1.29 is 19.5 Å². The summed E-state index contributed by atoms with van der Waals surface area (Å²) in [6.45, 7) is 0. The monoisotopic (exact) mass is 449 g/mol. The maximum atomic E-state index is 13.0. The lowest BCUT2D eigenvalue weighted by Gasteiger charge is -2.22. The first-order chi connectivity index (χ1) is 15.5. The Hall–Kier alpha value is -3.65. The number of nitrogens with zero attached hydrogens (tertiary/aromatic N) is 1. The molecule has 0 aliphatic rings. The van der Waals surface area contributed by atoms with E-state index >= 15 is 0 Å². The predicted molar refractivity (Wildman–Crippen MR) is 124 cm³/mol. The fourth-order valence-corrected chi connectivity index (χ4v) is 3.77. The molecule has 3 rings (SSSR count). The van der Waals surface area contributed by atoms with Crippen LogP contribution in [-0.2, 0) is 4.79 Å². The average molecular weight is 450 g/mol. The number of rotatable bonds is 9. The van der Waals surface area contributed by atoms with Crippen LogP contribution in [0.1, 0.15) is 27.1 Å². The number of pyridine rings is 1. The molecule has 0 saturated carbocycles. The molecule has 2 atom stereocenters. The van der Waals surface area contributed by atoms with E-state index in [0.717, 1.165) is 5.56 Å². The molecule has 0 saturated heterocycles. The number of carbonyl (C=O) groups excluding carboxylic acids is 2. The minimum absolute atomic E-state index is 0.0156. The molecule has 3 aromatic rings. The topological polar surface area (TPSA) is 108 Å². The van der Waals surface area contributed by atoms with E-state index in [9.17, 15) is 19.5 Å². The molecule has 7 nitrogen and oxygen atoms in total. The Morgan fingerprint density at radius 1 is 0.938 bits per heavy atom. The van der Waals surface area contributed by atoms with Crippen LogP contribution < -0.4 is 10.6 Å². The zero-order chi connectivity index (χ0) is 22.9. The molecule has 0 radical (unpaired) electrons. The number of nitrogens with one attached hydrogen (secondary N) is 2. The maximum absolute atomic E-state index is 13.0. The van der Waals surface area contributed by atoms with Crippen LogP contribution >= 0.6 is 11.8 Å². The van der Waals surface area contributed by atoms with Crippen LogP contribution in [0, 0.1) is 0 Å². The van der Waals surface area contributed by atoms with E-state index in [1.807, 2.05) is 42.5 Å². The smallest absolute Gasteiger partial charge is 0.326 e. The van der Waals surface area contributed by atoms with Crippen LogP contribution in [-0.4, -0.2) is 45.5 Å². The summed E-state index contributed by atoms with van der Waals surface area (Å²) >= 11 is 1.29. The Bertz CT molecular complexity index is 1080. The van der Waals surface area contributed by atoms with Crippen molar-refractivity contribution in [3.8, 4) is 11.1 Å². The highest BCUT2D eigenvalue weighted by Gasteiger charge is 2.26. The van der Waals surface area contributed by atoms with Gasteiger partial charge in [-0.1, -0.05) is 48.5 Å². The second-order valence-electron chi connectivity index (χ2n) is 6.95. The zero-order valence-electron chi connectivity index (χ0n) is 17.4. The number of carboxylic acids is 1. The molecule has 0 spiro atoms.